The fourth-order valence-electron chi connectivity index (χ4n) is 2.65. The van der Waals surface area contributed by atoms with Crippen LogP contribution in [-0.2, 0) is 24.4 Å². The van der Waals surface area contributed by atoms with Crippen LogP contribution in [0.25, 0.3) is 0 Å². The average molecular weight is 381 g/mol. The van der Waals surface area contributed by atoms with E-state index in [1.807, 2.05) is 78.9 Å². The van der Waals surface area contributed by atoms with Crippen LogP contribution in [0.2, 0.25) is 0 Å². The monoisotopic (exact) mass is 380 g/mol. The molecule has 138 valence electrons. The Bertz CT molecular complexity index is 863. The lowest BCUT2D eigenvalue weighted by molar-refractivity contribution is -0.111. The molecule has 0 aromatic heterocycles. The van der Waals surface area contributed by atoms with Crippen LogP contribution in [0.1, 0.15) is 23.1 Å². The van der Waals surface area contributed by atoms with Crippen molar-refractivity contribution in [3.8, 4) is 11.5 Å². The van der Waals surface area contributed by atoms with Gasteiger partial charge in [0, 0.05) is 6.42 Å². The molecule has 3 aromatic rings. The molecule has 0 aliphatic rings. The predicted octanol–water partition coefficient (Wildman–Crippen LogP) is 5.54. The molecule has 3 aromatic carbocycles. The smallest absolute Gasteiger partial charge is 0.221 e. The van der Waals surface area contributed by atoms with E-state index < -0.39 is 0 Å². The van der Waals surface area contributed by atoms with E-state index in [4.69, 9.17) is 21.1 Å². The summed E-state index contributed by atoms with van der Waals surface area (Å²) in [5.41, 5.74) is 3.15. The molecule has 4 heteroatoms. The van der Waals surface area contributed by atoms with Crippen molar-refractivity contribution >= 4 is 16.8 Å². The Morgan fingerprint density at radius 3 is 1.81 bits per heavy atom. The van der Waals surface area contributed by atoms with Gasteiger partial charge >= 0.3 is 0 Å². The summed E-state index contributed by atoms with van der Waals surface area (Å²) in [4.78, 5) is 11.0. The fourth-order valence-corrected chi connectivity index (χ4v) is 2.75. The Kier molecular flexibility index (Phi) is 6.89. The minimum Gasteiger partial charge on any atom is -0.485 e. The van der Waals surface area contributed by atoms with E-state index in [1.54, 1.807) is 0 Å². The van der Waals surface area contributed by atoms with E-state index in [9.17, 15) is 4.79 Å². The summed E-state index contributed by atoms with van der Waals surface area (Å²) >= 11 is 5.46. The Morgan fingerprint density at radius 2 is 1.26 bits per heavy atom. The maximum absolute atomic E-state index is 11.0. The lowest BCUT2D eigenvalue weighted by atomic mass is 10.1. The maximum Gasteiger partial charge on any atom is 0.221 e. The van der Waals surface area contributed by atoms with Gasteiger partial charge in [0.15, 0.2) is 11.5 Å². The van der Waals surface area contributed by atoms with Crippen LogP contribution in [0.15, 0.2) is 78.9 Å². The van der Waals surface area contributed by atoms with E-state index in [0.29, 0.717) is 37.6 Å². The molecule has 0 heterocycles. The van der Waals surface area contributed by atoms with Crippen molar-refractivity contribution in [2.75, 3.05) is 0 Å². The minimum atomic E-state index is -0.342. The lowest BCUT2D eigenvalue weighted by Gasteiger charge is -2.14. The van der Waals surface area contributed by atoms with Gasteiger partial charge in [-0.2, -0.15) is 0 Å². The van der Waals surface area contributed by atoms with Crippen LogP contribution in [0.3, 0.4) is 0 Å². The molecule has 27 heavy (non-hydrogen) atoms. The quantitative estimate of drug-likeness (QED) is 0.457. The van der Waals surface area contributed by atoms with Gasteiger partial charge in [-0.05, 0) is 46.8 Å². The number of carbonyl (C=O) groups excluding carboxylic acids is 1. The molecule has 0 unspecified atom stereocenters. The summed E-state index contributed by atoms with van der Waals surface area (Å²) in [6, 6.07) is 25.7. The molecular weight excluding hydrogens is 360 g/mol. The van der Waals surface area contributed by atoms with E-state index in [1.165, 1.54) is 0 Å². The summed E-state index contributed by atoms with van der Waals surface area (Å²) in [5, 5.41) is -0.342. The third kappa shape index (κ3) is 6.15. The number of hydrogen-bond acceptors (Lipinski definition) is 3. The number of halogens is 1. The Labute approximate surface area is 164 Å². The maximum atomic E-state index is 11.0. The third-order valence-electron chi connectivity index (χ3n) is 4.09. The summed E-state index contributed by atoms with van der Waals surface area (Å²) in [5.74, 6) is 1.34. The Hall–Kier alpha value is -2.78. The van der Waals surface area contributed by atoms with Crippen molar-refractivity contribution in [3.05, 3.63) is 95.6 Å². The van der Waals surface area contributed by atoms with Crippen LogP contribution < -0.4 is 9.47 Å². The molecule has 0 fully saturated rings. The third-order valence-corrected chi connectivity index (χ3v) is 4.28. The van der Waals surface area contributed by atoms with Crippen molar-refractivity contribution in [3.63, 3.8) is 0 Å². The zero-order valence-corrected chi connectivity index (χ0v) is 15.7. The van der Waals surface area contributed by atoms with Gasteiger partial charge in [-0.1, -0.05) is 66.7 Å². The zero-order chi connectivity index (χ0) is 18.9. The molecule has 0 atom stereocenters. The number of ether oxygens (including phenoxy) is 2. The van der Waals surface area contributed by atoms with Gasteiger partial charge in [0.1, 0.15) is 13.2 Å². The van der Waals surface area contributed by atoms with Gasteiger partial charge in [0.05, 0.1) is 0 Å². The topological polar surface area (TPSA) is 35.5 Å². The van der Waals surface area contributed by atoms with E-state index in [0.717, 1.165) is 16.7 Å². The van der Waals surface area contributed by atoms with Crippen molar-refractivity contribution in [1.82, 2.24) is 0 Å². The zero-order valence-electron chi connectivity index (χ0n) is 14.9. The van der Waals surface area contributed by atoms with Crippen molar-refractivity contribution in [2.45, 2.75) is 26.1 Å². The molecule has 0 saturated heterocycles. The van der Waals surface area contributed by atoms with Gasteiger partial charge in [-0.15, -0.1) is 0 Å². The molecule has 0 spiro atoms. The highest BCUT2D eigenvalue weighted by Gasteiger charge is 2.09. The molecule has 3 rings (SSSR count). The standard InChI is InChI=1S/C23H21ClO3/c24-23(25)14-12-18-11-13-21(26-16-19-7-3-1-4-8-19)22(15-18)27-17-20-9-5-2-6-10-20/h1-11,13,15H,12,14,16-17H2. The molecule has 0 amide bonds. The highest BCUT2D eigenvalue weighted by atomic mass is 35.5. The van der Waals surface area contributed by atoms with Gasteiger partial charge in [0.2, 0.25) is 5.24 Å². The van der Waals surface area contributed by atoms with Crippen molar-refractivity contribution in [2.24, 2.45) is 0 Å². The largest absolute Gasteiger partial charge is 0.485 e. The van der Waals surface area contributed by atoms with E-state index in [-0.39, 0.29) is 5.24 Å². The SMILES string of the molecule is O=C(Cl)CCc1ccc(OCc2ccccc2)c(OCc2ccccc2)c1. The molecule has 0 bridgehead atoms. The van der Waals surface area contributed by atoms with Gasteiger partial charge < -0.3 is 9.47 Å². The van der Waals surface area contributed by atoms with E-state index >= 15 is 0 Å². The number of hydrogen-bond donors (Lipinski definition) is 0. The summed E-state index contributed by atoms with van der Waals surface area (Å²) in [6.45, 7) is 0.905. The second kappa shape index (κ2) is 9.79. The van der Waals surface area contributed by atoms with Gasteiger partial charge in [-0.25, -0.2) is 0 Å². The van der Waals surface area contributed by atoms with Gasteiger partial charge in [-0.3, -0.25) is 4.79 Å². The lowest BCUT2D eigenvalue weighted by Crippen LogP contribution is -2.02. The molecular formula is C23H21ClO3. The second-order valence-electron chi connectivity index (χ2n) is 6.18. The molecule has 0 radical (unpaired) electrons. The predicted molar refractivity (Wildman–Crippen MR) is 107 cm³/mol. The van der Waals surface area contributed by atoms with Crippen LogP contribution in [-0.4, -0.2) is 5.24 Å². The second-order valence-corrected chi connectivity index (χ2v) is 6.61. The van der Waals surface area contributed by atoms with Crippen molar-refractivity contribution < 1.29 is 14.3 Å². The first-order valence-corrected chi connectivity index (χ1v) is 9.23. The van der Waals surface area contributed by atoms with Crippen molar-refractivity contribution in [1.29, 1.82) is 0 Å². The fraction of sp³-hybridized carbons (Fsp3) is 0.174. The van der Waals surface area contributed by atoms with Crippen LogP contribution in [0.4, 0.5) is 0 Å². The normalized spacial score (nSPS) is 10.4. The van der Waals surface area contributed by atoms with Gasteiger partial charge in [0.25, 0.3) is 0 Å². The first-order chi connectivity index (χ1) is 13.2. The summed E-state index contributed by atoms with van der Waals surface area (Å²) < 4.78 is 12.0. The highest BCUT2D eigenvalue weighted by Crippen LogP contribution is 2.30. The Morgan fingerprint density at radius 1 is 0.704 bits per heavy atom. The average Bonchev–Trinajstić information content (AvgIpc) is 2.71. The molecule has 0 N–H and O–H groups in total. The van der Waals surface area contributed by atoms with E-state index in [2.05, 4.69) is 0 Å². The number of benzene rings is 3. The number of aryl methyl sites for hydroxylation is 1. The Balaban J connectivity index is 1.74. The molecule has 0 aliphatic heterocycles. The minimum absolute atomic E-state index is 0.296. The van der Waals surface area contributed by atoms with Crippen LogP contribution in [0, 0.1) is 0 Å². The summed E-state index contributed by atoms with van der Waals surface area (Å²) in [6.07, 6.45) is 0.868. The first-order valence-electron chi connectivity index (χ1n) is 8.85. The molecule has 3 nitrogen and oxygen atoms in total. The first kappa shape index (κ1) is 19.0. The number of rotatable bonds is 9. The van der Waals surface area contributed by atoms with Crippen LogP contribution in [0.5, 0.6) is 11.5 Å². The number of carbonyl (C=O) groups is 1. The van der Waals surface area contributed by atoms with Crippen LogP contribution >= 0.6 is 11.6 Å². The highest BCUT2D eigenvalue weighted by molar-refractivity contribution is 6.63. The molecule has 0 saturated carbocycles. The molecule has 0 aliphatic carbocycles. The summed E-state index contributed by atoms with van der Waals surface area (Å²) in [7, 11) is 0.